The van der Waals surface area contributed by atoms with E-state index in [0.29, 0.717) is 0 Å². The molecule has 0 unspecified atom stereocenters. The van der Waals surface area contributed by atoms with Gasteiger partial charge in [0.2, 0.25) is 0 Å². The molecule has 1 fully saturated rings. The van der Waals surface area contributed by atoms with Gasteiger partial charge < -0.3 is 30.9 Å². The lowest BCUT2D eigenvalue weighted by Gasteiger charge is -2.38. The highest BCUT2D eigenvalue weighted by Crippen LogP contribution is 2.21. The highest BCUT2D eigenvalue weighted by Gasteiger charge is 2.43. The second-order valence-corrected chi connectivity index (χ2v) is 3.49. The molecule has 15 heavy (non-hydrogen) atoms. The number of aliphatic imine (C=N–C) groups is 1. The summed E-state index contributed by atoms with van der Waals surface area (Å²) < 4.78 is 4.86. The molecule has 7 nitrogen and oxygen atoms in total. The summed E-state index contributed by atoms with van der Waals surface area (Å²) in [7, 11) is 0. The summed E-state index contributed by atoms with van der Waals surface area (Å²) in [4.78, 5) is 3.75. The Balaban J connectivity index is 2.79. The van der Waals surface area contributed by atoms with Crippen molar-refractivity contribution in [3.05, 3.63) is 0 Å². The minimum Gasteiger partial charge on any atom is -0.394 e. The van der Waals surface area contributed by atoms with Crippen molar-refractivity contribution in [3.63, 3.8) is 0 Å². The van der Waals surface area contributed by atoms with Crippen molar-refractivity contribution in [1.82, 2.24) is 0 Å². The fourth-order valence-corrected chi connectivity index (χ4v) is 1.46. The number of ether oxygens (including phenoxy) is 1. The Morgan fingerprint density at radius 1 is 1.33 bits per heavy atom. The number of amidine groups is 1. The van der Waals surface area contributed by atoms with Crippen molar-refractivity contribution >= 4 is 5.84 Å². The first-order chi connectivity index (χ1) is 6.97. The van der Waals surface area contributed by atoms with Crippen LogP contribution in [-0.4, -0.2) is 63.5 Å². The minimum absolute atomic E-state index is 0.163. The van der Waals surface area contributed by atoms with E-state index in [0.717, 1.165) is 0 Å². The fraction of sp³-hybridized carbons (Fsp3) is 0.875. The second-order valence-electron chi connectivity index (χ2n) is 3.49. The molecule has 1 rings (SSSR count). The van der Waals surface area contributed by atoms with E-state index in [1.807, 2.05) is 0 Å². The molecule has 0 radical (unpaired) electrons. The third-order valence-corrected chi connectivity index (χ3v) is 2.22. The molecule has 6 N–H and O–H groups in total. The van der Waals surface area contributed by atoms with Crippen molar-refractivity contribution < 1.29 is 25.2 Å². The Kier molecular flexibility index (Phi) is 4.00. The van der Waals surface area contributed by atoms with E-state index in [4.69, 9.17) is 15.6 Å². The van der Waals surface area contributed by atoms with Gasteiger partial charge in [-0.3, -0.25) is 4.99 Å². The quantitative estimate of drug-likeness (QED) is 0.252. The van der Waals surface area contributed by atoms with Gasteiger partial charge in [-0.2, -0.15) is 0 Å². The SMILES string of the molecule is CC(N)=N[C@H]1[C@@H](O)[C@@H](O)[C@@H](CO)O[C@H]1O. The molecular weight excluding hydrogens is 204 g/mol. The monoisotopic (exact) mass is 220 g/mol. The van der Waals surface area contributed by atoms with Gasteiger partial charge in [0.1, 0.15) is 24.4 Å². The molecule has 1 heterocycles. The van der Waals surface area contributed by atoms with Gasteiger partial charge in [-0.15, -0.1) is 0 Å². The Bertz CT molecular complexity index is 243. The molecule has 0 aromatic carbocycles. The summed E-state index contributed by atoms with van der Waals surface area (Å²) in [5.74, 6) is 0.163. The predicted molar refractivity (Wildman–Crippen MR) is 51.1 cm³/mol. The van der Waals surface area contributed by atoms with Gasteiger partial charge in [0.05, 0.1) is 12.4 Å². The summed E-state index contributed by atoms with van der Waals surface area (Å²) >= 11 is 0. The van der Waals surface area contributed by atoms with Crippen LogP contribution in [0.4, 0.5) is 0 Å². The maximum Gasteiger partial charge on any atom is 0.180 e. The highest BCUT2D eigenvalue weighted by atomic mass is 16.6. The summed E-state index contributed by atoms with van der Waals surface area (Å²) in [6, 6.07) is -1.03. The molecule has 1 aliphatic rings. The lowest BCUT2D eigenvalue weighted by molar-refractivity contribution is -0.248. The van der Waals surface area contributed by atoms with Crippen molar-refractivity contribution in [2.24, 2.45) is 10.7 Å². The van der Waals surface area contributed by atoms with E-state index in [9.17, 15) is 15.3 Å². The van der Waals surface area contributed by atoms with Crippen molar-refractivity contribution in [3.8, 4) is 0 Å². The molecular formula is C8H16N2O5. The maximum absolute atomic E-state index is 9.59. The van der Waals surface area contributed by atoms with Crippen LogP contribution in [-0.2, 0) is 4.74 Å². The standard InChI is InChI=1S/C8H16N2O5/c1-3(9)10-5-7(13)6(12)4(2-11)15-8(5)14/h4-8,11-14H,2H2,1H3,(H2,9,10)/t4-,5+,6+,7-,8-/m1/s1. The van der Waals surface area contributed by atoms with Crippen LogP contribution in [0.1, 0.15) is 6.92 Å². The van der Waals surface area contributed by atoms with Gasteiger partial charge in [-0.1, -0.05) is 0 Å². The number of aliphatic hydroxyl groups excluding tert-OH is 4. The van der Waals surface area contributed by atoms with Crippen LogP contribution in [0.25, 0.3) is 0 Å². The zero-order valence-corrected chi connectivity index (χ0v) is 8.32. The lowest BCUT2D eigenvalue weighted by atomic mass is 9.97. The topological polar surface area (TPSA) is 129 Å². The van der Waals surface area contributed by atoms with Gasteiger partial charge in [-0.05, 0) is 6.92 Å². The first-order valence-corrected chi connectivity index (χ1v) is 4.57. The van der Waals surface area contributed by atoms with Gasteiger partial charge in [-0.25, -0.2) is 0 Å². The molecule has 0 bridgehead atoms. The van der Waals surface area contributed by atoms with E-state index >= 15 is 0 Å². The summed E-state index contributed by atoms with van der Waals surface area (Å²) in [5.41, 5.74) is 5.30. The average Bonchev–Trinajstić information content (AvgIpc) is 2.18. The van der Waals surface area contributed by atoms with Crippen LogP contribution < -0.4 is 5.73 Å². The third kappa shape index (κ3) is 2.64. The molecule has 7 heteroatoms. The molecule has 0 aliphatic carbocycles. The fourth-order valence-electron chi connectivity index (χ4n) is 1.46. The van der Waals surface area contributed by atoms with Crippen molar-refractivity contribution in [2.75, 3.05) is 6.61 Å². The Morgan fingerprint density at radius 3 is 2.40 bits per heavy atom. The van der Waals surface area contributed by atoms with Crippen molar-refractivity contribution in [2.45, 2.75) is 37.6 Å². The van der Waals surface area contributed by atoms with Crippen LogP contribution in [0.5, 0.6) is 0 Å². The van der Waals surface area contributed by atoms with Gasteiger partial charge in [0.15, 0.2) is 6.29 Å². The van der Waals surface area contributed by atoms with E-state index in [1.54, 1.807) is 0 Å². The molecule has 0 aromatic rings. The molecule has 0 amide bonds. The number of rotatable bonds is 2. The first kappa shape index (κ1) is 12.3. The zero-order chi connectivity index (χ0) is 11.6. The zero-order valence-electron chi connectivity index (χ0n) is 8.32. The molecule has 88 valence electrons. The molecule has 0 saturated carbocycles. The normalized spacial score (nSPS) is 43.0. The van der Waals surface area contributed by atoms with Gasteiger partial charge in [0, 0.05) is 0 Å². The summed E-state index contributed by atoms with van der Waals surface area (Å²) in [6.45, 7) is 0.997. The van der Waals surface area contributed by atoms with Gasteiger partial charge in [0.25, 0.3) is 0 Å². The summed E-state index contributed by atoms with van der Waals surface area (Å²) in [5, 5.41) is 37.3. The second kappa shape index (κ2) is 4.86. The Labute approximate surface area is 86.8 Å². The molecule has 1 aliphatic heterocycles. The first-order valence-electron chi connectivity index (χ1n) is 4.57. The molecule has 5 atom stereocenters. The van der Waals surface area contributed by atoms with E-state index in [1.165, 1.54) is 6.92 Å². The van der Waals surface area contributed by atoms with E-state index in [-0.39, 0.29) is 5.84 Å². The number of nitrogens with zero attached hydrogens (tertiary/aromatic N) is 1. The molecule has 0 aromatic heterocycles. The van der Waals surface area contributed by atoms with E-state index in [2.05, 4.69) is 4.99 Å². The van der Waals surface area contributed by atoms with E-state index < -0.39 is 37.3 Å². The number of hydrogen-bond acceptors (Lipinski definition) is 6. The highest BCUT2D eigenvalue weighted by molar-refractivity contribution is 5.77. The smallest absolute Gasteiger partial charge is 0.180 e. The largest absolute Gasteiger partial charge is 0.394 e. The Morgan fingerprint density at radius 2 is 1.93 bits per heavy atom. The molecule has 1 saturated heterocycles. The van der Waals surface area contributed by atoms with Crippen LogP contribution in [0, 0.1) is 0 Å². The average molecular weight is 220 g/mol. The summed E-state index contributed by atoms with van der Waals surface area (Å²) in [6.07, 6.45) is -5.02. The third-order valence-electron chi connectivity index (χ3n) is 2.22. The van der Waals surface area contributed by atoms with Crippen LogP contribution in [0.3, 0.4) is 0 Å². The lowest BCUT2D eigenvalue weighted by Crippen LogP contribution is -2.58. The minimum atomic E-state index is -1.39. The van der Waals surface area contributed by atoms with Crippen LogP contribution in [0.2, 0.25) is 0 Å². The number of hydrogen-bond donors (Lipinski definition) is 5. The van der Waals surface area contributed by atoms with Gasteiger partial charge >= 0.3 is 0 Å². The predicted octanol–water partition coefficient (Wildman–Crippen LogP) is -2.84. The van der Waals surface area contributed by atoms with Crippen molar-refractivity contribution in [1.29, 1.82) is 0 Å². The van der Waals surface area contributed by atoms with Crippen LogP contribution >= 0.6 is 0 Å². The number of aliphatic hydroxyl groups is 4. The maximum atomic E-state index is 9.59. The Hall–Kier alpha value is -0.730. The number of nitrogens with two attached hydrogens (primary N) is 1. The molecule has 0 spiro atoms. The van der Waals surface area contributed by atoms with Crippen LogP contribution in [0.15, 0.2) is 4.99 Å².